The van der Waals surface area contributed by atoms with Gasteiger partial charge in [-0.1, -0.05) is 179 Å². The van der Waals surface area contributed by atoms with Gasteiger partial charge >= 0.3 is 0 Å². The average molecular weight is 822 g/mol. The lowest BCUT2D eigenvalue weighted by Gasteiger charge is -2.33. The van der Waals surface area contributed by atoms with Gasteiger partial charge in [0.1, 0.15) is 0 Å². The summed E-state index contributed by atoms with van der Waals surface area (Å²) in [5.74, 6) is 0. The Balaban J connectivity index is 1.06. The Morgan fingerprint density at radius 3 is 1.44 bits per heavy atom. The molecule has 14 rings (SSSR count). The van der Waals surface area contributed by atoms with E-state index in [9.17, 15) is 0 Å². The van der Waals surface area contributed by atoms with Crippen molar-refractivity contribution in [3.8, 4) is 44.5 Å². The van der Waals surface area contributed by atoms with Gasteiger partial charge in [0.25, 0.3) is 0 Å². The highest BCUT2D eigenvalue weighted by atomic mass is 32.1. The van der Waals surface area contributed by atoms with Crippen LogP contribution in [0.25, 0.3) is 64.7 Å². The molecule has 0 saturated carbocycles. The molecule has 1 atom stereocenters. The maximum atomic E-state index is 2.59. The maximum Gasteiger partial charge on any atom is 0.0726 e. The van der Waals surface area contributed by atoms with Crippen LogP contribution in [-0.4, -0.2) is 0 Å². The van der Waals surface area contributed by atoms with Crippen molar-refractivity contribution in [1.82, 2.24) is 0 Å². The van der Waals surface area contributed by atoms with Crippen LogP contribution in [0, 0.1) is 0 Å². The second-order valence-corrected chi connectivity index (χ2v) is 20.2. The Kier molecular flexibility index (Phi) is 6.85. The van der Waals surface area contributed by atoms with Crippen LogP contribution in [-0.2, 0) is 16.2 Å². The first-order chi connectivity index (χ1) is 30.8. The van der Waals surface area contributed by atoms with Gasteiger partial charge in [0.15, 0.2) is 0 Å². The molecule has 0 N–H and O–H groups in total. The molecule has 10 aromatic rings. The summed E-state index contributed by atoms with van der Waals surface area (Å²) in [7, 11) is 0. The molecule has 0 amide bonds. The van der Waals surface area contributed by atoms with Crippen molar-refractivity contribution in [2.75, 3.05) is 4.90 Å². The molecule has 0 aliphatic heterocycles. The number of fused-ring (bicyclic) bond motifs is 20. The van der Waals surface area contributed by atoms with E-state index in [4.69, 9.17) is 0 Å². The van der Waals surface area contributed by atoms with Crippen LogP contribution in [0.4, 0.5) is 17.1 Å². The molecule has 1 aromatic heterocycles. The SMILES string of the molecule is CC1(C)c2ccccc2-c2ccc(N(c3ccc4c(c3)C(C)(C)c3ccccc3-4)c3cccc4c3-c3ccccc3C43c4ccccc4-c4c3ccc3c4sc4ccccc43)cc21. The largest absolute Gasteiger partial charge is 0.310 e. The molecule has 1 unspecified atom stereocenters. The average Bonchev–Trinajstić information content (AvgIpc) is 4.06. The van der Waals surface area contributed by atoms with E-state index in [2.05, 4.69) is 221 Å². The zero-order valence-electron chi connectivity index (χ0n) is 35.8. The van der Waals surface area contributed by atoms with Crippen LogP contribution in [0.1, 0.15) is 72.2 Å². The second-order valence-electron chi connectivity index (χ2n) is 19.1. The van der Waals surface area contributed by atoms with Gasteiger partial charge in [-0.15, -0.1) is 11.3 Å². The Hall–Kier alpha value is -7.00. The highest BCUT2D eigenvalue weighted by Crippen LogP contribution is 2.66. The van der Waals surface area contributed by atoms with Crippen molar-refractivity contribution in [1.29, 1.82) is 0 Å². The van der Waals surface area contributed by atoms with Gasteiger partial charge in [0.2, 0.25) is 0 Å². The Labute approximate surface area is 372 Å². The van der Waals surface area contributed by atoms with Crippen molar-refractivity contribution < 1.29 is 0 Å². The number of benzene rings is 9. The van der Waals surface area contributed by atoms with Crippen molar-refractivity contribution in [2.45, 2.75) is 43.9 Å². The topological polar surface area (TPSA) is 3.24 Å². The summed E-state index contributed by atoms with van der Waals surface area (Å²) in [5.41, 5.74) is 24.5. The Morgan fingerprint density at radius 2 is 0.825 bits per heavy atom. The van der Waals surface area contributed by atoms with E-state index in [0.717, 1.165) is 0 Å². The standard InChI is InChI=1S/C61H43NS/c1-59(2)46-21-10-5-16-38(46)40-30-28-36(34-52(40)59)62(37-29-31-41-39-17-6-11-22-47(39)60(3,4)53(41)35-37)54-26-15-25-50-56(54)44-19-7-12-23-48(44)61(50)49-24-13-8-20-45(49)57-51(61)33-32-43-42-18-9-14-27-55(42)63-58(43)57/h5-35H,1-4H3. The van der Waals surface area contributed by atoms with Crippen LogP contribution < -0.4 is 4.90 Å². The lowest BCUT2D eigenvalue weighted by molar-refractivity contribution is 0.660. The molecule has 0 bridgehead atoms. The fraction of sp³-hybridized carbons (Fsp3) is 0.115. The molecule has 63 heavy (non-hydrogen) atoms. The van der Waals surface area contributed by atoms with Gasteiger partial charge in [-0.25, -0.2) is 0 Å². The van der Waals surface area contributed by atoms with Crippen LogP contribution in [0.3, 0.4) is 0 Å². The number of rotatable bonds is 3. The molecular formula is C61H43NS. The molecule has 298 valence electrons. The number of nitrogens with zero attached hydrogens (tertiary/aromatic N) is 1. The zero-order valence-corrected chi connectivity index (χ0v) is 36.6. The third kappa shape index (κ3) is 4.33. The summed E-state index contributed by atoms with van der Waals surface area (Å²) in [6.45, 7) is 9.57. The quantitative estimate of drug-likeness (QED) is 0.172. The van der Waals surface area contributed by atoms with E-state index < -0.39 is 5.41 Å². The highest BCUT2D eigenvalue weighted by Gasteiger charge is 2.53. The lowest BCUT2D eigenvalue weighted by Crippen LogP contribution is -2.26. The van der Waals surface area contributed by atoms with Crippen molar-refractivity contribution >= 4 is 48.6 Å². The van der Waals surface area contributed by atoms with Gasteiger partial charge in [0, 0.05) is 53.5 Å². The maximum absolute atomic E-state index is 2.59. The molecule has 1 nitrogen and oxygen atoms in total. The fourth-order valence-electron chi connectivity index (χ4n) is 12.7. The second kappa shape index (κ2) is 12.1. The first kappa shape index (κ1) is 35.6. The molecule has 1 heterocycles. The molecule has 2 heteroatoms. The summed E-state index contributed by atoms with van der Waals surface area (Å²) < 4.78 is 2.72. The summed E-state index contributed by atoms with van der Waals surface area (Å²) >= 11 is 1.94. The molecular weight excluding hydrogens is 779 g/mol. The minimum atomic E-state index is -0.479. The van der Waals surface area contributed by atoms with Gasteiger partial charge < -0.3 is 4.90 Å². The van der Waals surface area contributed by atoms with E-state index in [1.165, 1.54) is 126 Å². The predicted molar refractivity (Wildman–Crippen MR) is 265 cm³/mol. The third-order valence-electron chi connectivity index (χ3n) is 15.5. The lowest BCUT2D eigenvalue weighted by atomic mass is 9.70. The van der Waals surface area contributed by atoms with E-state index in [-0.39, 0.29) is 10.8 Å². The number of thiophene rings is 1. The normalized spacial score (nSPS) is 17.2. The van der Waals surface area contributed by atoms with Gasteiger partial charge in [-0.3, -0.25) is 0 Å². The summed E-state index contributed by atoms with van der Waals surface area (Å²) in [6, 6.07) is 72.0. The minimum absolute atomic E-state index is 0.139. The van der Waals surface area contributed by atoms with E-state index in [1.807, 2.05) is 11.3 Å². The monoisotopic (exact) mass is 821 g/mol. The van der Waals surface area contributed by atoms with Crippen molar-refractivity contribution in [2.24, 2.45) is 0 Å². The molecule has 9 aromatic carbocycles. The van der Waals surface area contributed by atoms with Crippen LogP contribution in [0.15, 0.2) is 188 Å². The smallest absolute Gasteiger partial charge is 0.0726 e. The molecule has 4 aliphatic rings. The summed E-state index contributed by atoms with van der Waals surface area (Å²) in [5, 5.41) is 2.68. The Morgan fingerprint density at radius 1 is 0.349 bits per heavy atom. The first-order valence-corrected chi connectivity index (χ1v) is 23.2. The van der Waals surface area contributed by atoms with E-state index in [1.54, 1.807) is 0 Å². The van der Waals surface area contributed by atoms with Gasteiger partial charge in [0.05, 0.1) is 11.1 Å². The fourth-order valence-corrected chi connectivity index (χ4v) is 14.0. The summed E-state index contributed by atoms with van der Waals surface area (Å²) in [4.78, 5) is 2.59. The van der Waals surface area contributed by atoms with Crippen LogP contribution in [0.2, 0.25) is 0 Å². The number of anilines is 3. The third-order valence-corrected chi connectivity index (χ3v) is 16.7. The molecule has 0 saturated heterocycles. The minimum Gasteiger partial charge on any atom is -0.310 e. The van der Waals surface area contributed by atoms with Gasteiger partial charge in [-0.2, -0.15) is 0 Å². The van der Waals surface area contributed by atoms with E-state index >= 15 is 0 Å². The molecule has 0 fully saturated rings. The number of hydrogen-bond donors (Lipinski definition) is 0. The Bertz CT molecular complexity index is 3550. The first-order valence-electron chi connectivity index (χ1n) is 22.3. The van der Waals surface area contributed by atoms with Crippen molar-refractivity contribution in [3.63, 3.8) is 0 Å². The summed E-state index contributed by atoms with van der Waals surface area (Å²) in [6.07, 6.45) is 0. The van der Waals surface area contributed by atoms with Gasteiger partial charge in [-0.05, 0) is 114 Å². The highest BCUT2D eigenvalue weighted by molar-refractivity contribution is 7.26. The van der Waals surface area contributed by atoms with Crippen molar-refractivity contribution in [3.05, 3.63) is 233 Å². The van der Waals surface area contributed by atoms with E-state index in [0.29, 0.717) is 0 Å². The molecule has 4 aliphatic carbocycles. The molecule has 0 radical (unpaired) electrons. The predicted octanol–water partition coefficient (Wildman–Crippen LogP) is 16.5. The van der Waals surface area contributed by atoms with Crippen LogP contribution in [0.5, 0.6) is 0 Å². The van der Waals surface area contributed by atoms with Crippen LogP contribution >= 0.6 is 11.3 Å². The zero-order chi connectivity index (χ0) is 42.0. The number of hydrogen-bond acceptors (Lipinski definition) is 2. The molecule has 1 spiro atoms.